The molecule has 3 heteroatoms. The van der Waals surface area contributed by atoms with Crippen molar-refractivity contribution in [2.45, 2.75) is 32.1 Å². The molecular formula is C15H19N3. The largest absolute Gasteiger partial charge is 0.399 e. The van der Waals surface area contributed by atoms with Crippen LogP contribution in [0, 0.1) is 16.7 Å². The first-order chi connectivity index (χ1) is 8.72. The highest BCUT2D eigenvalue weighted by Gasteiger charge is 2.43. The Morgan fingerprint density at radius 2 is 1.89 bits per heavy atom. The Balaban J connectivity index is 1.77. The summed E-state index contributed by atoms with van der Waals surface area (Å²) in [6.07, 6.45) is 6.87. The first-order valence-electron chi connectivity index (χ1n) is 6.77. The number of benzene rings is 1. The zero-order valence-corrected chi connectivity index (χ0v) is 10.7. The summed E-state index contributed by atoms with van der Waals surface area (Å²) in [5.74, 6) is 0. The lowest BCUT2D eigenvalue weighted by molar-refractivity contribution is 0.139. The van der Waals surface area contributed by atoms with Gasteiger partial charge in [0.05, 0.1) is 11.3 Å². The average molecular weight is 241 g/mol. The van der Waals surface area contributed by atoms with Crippen LogP contribution < -0.4 is 10.6 Å². The highest BCUT2D eigenvalue weighted by molar-refractivity contribution is 5.65. The molecule has 1 saturated heterocycles. The lowest BCUT2D eigenvalue weighted by atomic mass is 9.68. The fourth-order valence-electron chi connectivity index (χ4n) is 3.47. The van der Waals surface area contributed by atoms with Crippen LogP contribution >= 0.6 is 0 Å². The normalized spacial score (nSPS) is 21.4. The molecule has 1 spiro atoms. The molecule has 3 nitrogen and oxygen atoms in total. The minimum atomic E-state index is 0.548. The van der Waals surface area contributed by atoms with E-state index in [0.29, 0.717) is 16.7 Å². The third-order valence-corrected chi connectivity index (χ3v) is 4.45. The Hall–Kier alpha value is -1.69. The SMILES string of the molecule is N#Cc1cc(N)ccc1N1CC2(CCCCC2)C1. The number of nitrogens with zero attached hydrogens (tertiary/aromatic N) is 2. The van der Waals surface area contributed by atoms with Crippen LogP contribution in [0.4, 0.5) is 11.4 Å². The van der Waals surface area contributed by atoms with E-state index >= 15 is 0 Å². The average Bonchev–Trinajstić information content (AvgIpc) is 2.37. The van der Waals surface area contributed by atoms with Crippen LogP contribution in [0.1, 0.15) is 37.7 Å². The summed E-state index contributed by atoms with van der Waals surface area (Å²) in [7, 11) is 0. The molecule has 1 aromatic rings. The van der Waals surface area contributed by atoms with Crippen molar-refractivity contribution >= 4 is 11.4 Å². The standard InChI is InChI=1S/C15H19N3/c16-9-12-8-13(17)4-5-14(12)18-10-15(11-18)6-2-1-3-7-15/h4-5,8H,1-3,6-7,10-11,17H2. The van der Waals surface area contributed by atoms with Crippen molar-refractivity contribution in [3.05, 3.63) is 23.8 Å². The lowest BCUT2D eigenvalue weighted by Crippen LogP contribution is -2.57. The van der Waals surface area contributed by atoms with Crippen LogP contribution in [-0.4, -0.2) is 13.1 Å². The summed E-state index contributed by atoms with van der Waals surface area (Å²) in [6, 6.07) is 7.91. The van der Waals surface area contributed by atoms with Crippen LogP contribution in [-0.2, 0) is 0 Å². The minimum Gasteiger partial charge on any atom is -0.399 e. The molecule has 94 valence electrons. The van der Waals surface area contributed by atoms with Gasteiger partial charge in [-0.2, -0.15) is 5.26 Å². The molecule has 1 heterocycles. The summed E-state index contributed by atoms with van der Waals surface area (Å²) in [5, 5.41) is 9.18. The van der Waals surface area contributed by atoms with Crippen molar-refractivity contribution in [3.8, 4) is 6.07 Å². The molecule has 0 radical (unpaired) electrons. The third kappa shape index (κ3) is 1.82. The molecule has 0 amide bonds. The molecule has 2 N–H and O–H groups in total. The molecule has 2 aliphatic rings. The van der Waals surface area contributed by atoms with Crippen molar-refractivity contribution in [1.29, 1.82) is 5.26 Å². The first kappa shape index (κ1) is 11.4. The summed E-state index contributed by atoms with van der Waals surface area (Å²) >= 11 is 0. The predicted molar refractivity (Wildman–Crippen MR) is 73.3 cm³/mol. The van der Waals surface area contributed by atoms with Crippen LogP contribution in [0.5, 0.6) is 0 Å². The maximum absolute atomic E-state index is 9.18. The second-order valence-corrected chi connectivity index (χ2v) is 5.81. The molecule has 1 aromatic carbocycles. The van der Waals surface area contributed by atoms with Crippen LogP contribution in [0.25, 0.3) is 0 Å². The van der Waals surface area contributed by atoms with E-state index < -0.39 is 0 Å². The molecule has 3 rings (SSSR count). The topological polar surface area (TPSA) is 53.1 Å². The van der Waals surface area contributed by atoms with Crippen molar-refractivity contribution in [2.24, 2.45) is 5.41 Å². The van der Waals surface area contributed by atoms with E-state index in [1.54, 1.807) is 6.07 Å². The monoisotopic (exact) mass is 241 g/mol. The van der Waals surface area contributed by atoms with Gasteiger partial charge in [-0.05, 0) is 31.0 Å². The van der Waals surface area contributed by atoms with E-state index in [0.717, 1.165) is 18.8 Å². The predicted octanol–water partition coefficient (Wildman–Crippen LogP) is 2.91. The zero-order valence-electron chi connectivity index (χ0n) is 10.7. The Bertz CT molecular complexity index is 487. The molecule has 1 saturated carbocycles. The van der Waals surface area contributed by atoms with Crippen LogP contribution in [0.3, 0.4) is 0 Å². The highest BCUT2D eigenvalue weighted by atomic mass is 15.2. The van der Waals surface area contributed by atoms with Crippen LogP contribution in [0.2, 0.25) is 0 Å². The fourth-order valence-corrected chi connectivity index (χ4v) is 3.47. The second kappa shape index (κ2) is 4.20. The Kier molecular flexibility index (Phi) is 2.66. The molecule has 0 atom stereocenters. The Morgan fingerprint density at radius 1 is 1.17 bits per heavy atom. The van der Waals surface area contributed by atoms with Gasteiger partial charge in [-0.15, -0.1) is 0 Å². The van der Waals surface area contributed by atoms with Crippen molar-refractivity contribution in [2.75, 3.05) is 23.7 Å². The first-order valence-corrected chi connectivity index (χ1v) is 6.77. The quantitative estimate of drug-likeness (QED) is 0.769. The molecule has 1 aliphatic carbocycles. The summed E-state index contributed by atoms with van der Waals surface area (Å²) in [4.78, 5) is 2.34. The van der Waals surface area contributed by atoms with Gasteiger partial charge in [0.1, 0.15) is 6.07 Å². The van der Waals surface area contributed by atoms with Gasteiger partial charge in [0.15, 0.2) is 0 Å². The molecule has 0 unspecified atom stereocenters. The van der Waals surface area contributed by atoms with Gasteiger partial charge in [-0.1, -0.05) is 19.3 Å². The van der Waals surface area contributed by atoms with Crippen molar-refractivity contribution in [3.63, 3.8) is 0 Å². The maximum atomic E-state index is 9.18. The number of hydrogen-bond donors (Lipinski definition) is 1. The maximum Gasteiger partial charge on any atom is 0.101 e. The number of hydrogen-bond acceptors (Lipinski definition) is 3. The molecule has 0 bridgehead atoms. The Morgan fingerprint density at radius 3 is 2.56 bits per heavy atom. The van der Waals surface area contributed by atoms with Crippen LogP contribution in [0.15, 0.2) is 18.2 Å². The van der Waals surface area contributed by atoms with Gasteiger partial charge in [0, 0.05) is 24.2 Å². The summed E-state index contributed by atoms with van der Waals surface area (Å²) in [6.45, 7) is 2.23. The van der Waals surface area contributed by atoms with E-state index in [4.69, 9.17) is 5.73 Å². The third-order valence-electron chi connectivity index (χ3n) is 4.45. The van der Waals surface area contributed by atoms with Gasteiger partial charge in [0.25, 0.3) is 0 Å². The molecule has 18 heavy (non-hydrogen) atoms. The second-order valence-electron chi connectivity index (χ2n) is 5.81. The number of rotatable bonds is 1. The molecule has 0 aromatic heterocycles. The highest BCUT2D eigenvalue weighted by Crippen LogP contribution is 2.46. The fraction of sp³-hybridized carbons (Fsp3) is 0.533. The molecular weight excluding hydrogens is 222 g/mol. The van der Waals surface area contributed by atoms with E-state index in [2.05, 4.69) is 11.0 Å². The van der Waals surface area contributed by atoms with E-state index in [-0.39, 0.29) is 0 Å². The number of nitrogen functional groups attached to an aromatic ring is 1. The number of anilines is 2. The number of nitrogens with two attached hydrogens (primary N) is 1. The van der Waals surface area contributed by atoms with E-state index in [1.807, 2.05) is 12.1 Å². The molecule has 1 aliphatic heterocycles. The lowest BCUT2D eigenvalue weighted by Gasteiger charge is -2.53. The minimum absolute atomic E-state index is 0.548. The van der Waals surface area contributed by atoms with Gasteiger partial charge >= 0.3 is 0 Å². The van der Waals surface area contributed by atoms with Crippen molar-refractivity contribution in [1.82, 2.24) is 0 Å². The van der Waals surface area contributed by atoms with E-state index in [1.165, 1.54) is 32.1 Å². The Labute approximate surface area is 108 Å². The van der Waals surface area contributed by atoms with E-state index in [9.17, 15) is 5.26 Å². The van der Waals surface area contributed by atoms with Gasteiger partial charge in [-0.25, -0.2) is 0 Å². The summed E-state index contributed by atoms with van der Waals surface area (Å²) in [5.41, 5.74) is 8.71. The molecule has 2 fully saturated rings. The summed E-state index contributed by atoms with van der Waals surface area (Å²) < 4.78 is 0. The smallest absolute Gasteiger partial charge is 0.101 e. The zero-order chi connectivity index (χ0) is 12.6. The van der Waals surface area contributed by atoms with Gasteiger partial charge in [0.2, 0.25) is 0 Å². The van der Waals surface area contributed by atoms with Crippen molar-refractivity contribution < 1.29 is 0 Å². The van der Waals surface area contributed by atoms with Gasteiger partial charge < -0.3 is 10.6 Å². The van der Waals surface area contributed by atoms with Gasteiger partial charge in [-0.3, -0.25) is 0 Å². The number of nitriles is 1.